The Balaban J connectivity index is 1.31. The molecule has 1 saturated carbocycles. The summed E-state index contributed by atoms with van der Waals surface area (Å²) in [5, 5.41) is 0. The molecule has 210 valence electrons. The Bertz CT molecular complexity index is 1120. The van der Waals surface area contributed by atoms with E-state index in [2.05, 4.69) is 0 Å². The number of hydrogen-bond acceptors (Lipinski definition) is 9. The second kappa shape index (κ2) is 15.8. The molecule has 0 aromatic heterocycles. The SMILES string of the molecule is COCC1CCC(COC(=O)c2cccc(C(=O)OCCOCCOC(=O)c3cccc(C(C)=O)c3)c2)CC1. The molecule has 9 nitrogen and oxygen atoms in total. The van der Waals surface area contributed by atoms with E-state index in [4.69, 9.17) is 23.7 Å². The van der Waals surface area contributed by atoms with Gasteiger partial charge in [-0.05, 0) is 74.8 Å². The van der Waals surface area contributed by atoms with Crippen LogP contribution in [-0.4, -0.2) is 70.4 Å². The highest BCUT2D eigenvalue weighted by Crippen LogP contribution is 2.29. The largest absolute Gasteiger partial charge is 0.462 e. The maximum absolute atomic E-state index is 12.5. The van der Waals surface area contributed by atoms with Crippen LogP contribution < -0.4 is 0 Å². The van der Waals surface area contributed by atoms with Gasteiger partial charge in [0.05, 0.1) is 36.5 Å². The predicted molar refractivity (Wildman–Crippen MR) is 142 cm³/mol. The van der Waals surface area contributed by atoms with E-state index < -0.39 is 17.9 Å². The van der Waals surface area contributed by atoms with Crippen LogP contribution in [0.4, 0.5) is 0 Å². The Morgan fingerprint density at radius 3 is 1.56 bits per heavy atom. The van der Waals surface area contributed by atoms with Crippen molar-refractivity contribution in [2.24, 2.45) is 11.8 Å². The van der Waals surface area contributed by atoms with Crippen molar-refractivity contribution < 1.29 is 42.9 Å². The Kier molecular flexibility index (Phi) is 12.1. The van der Waals surface area contributed by atoms with Crippen molar-refractivity contribution in [2.45, 2.75) is 32.6 Å². The molecule has 0 spiro atoms. The average molecular weight is 541 g/mol. The van der Waals surface area contributed by atoms with Gasteiger partial charge in [0.15, 0.2) is 5.78 Å². The molecule has 1 aliphatic rings. The quantitative estimate of drug-likeness (QED) is 0.148. The summed E-state index contributed by atoms with van der Waals surface area (Å²) in [5.41, 5.74) is 1.25. The number of hydrogen-bond donors (Lipinski definition) is 0. The van der Waals surface area contributed by atoms with Crippen LogP contribution in [0, 0.1) is 11.8 Å². The third kappa shape index (κ3) is 9.92. The van der Waals surface area contributed by atoms with Crippen molar-refractivity contribution >= 4 is 23.7 Å². The summed E-state index contributed by atoms with van der Waals surface area (Å²) in [4.78, 5) is 48.4. The molecular formula is C30H36O9. The fourth-order valence-corrected chi connectivity index (χ4v) is 4.37. The van der Waals surface area contributed by atoms with Crippen LogP contribution in [0.2, 0.25) is 0 Å². The molecule has 9 heteroatoms. The normalized spacial score (nSPS) is 16.8. The molecule has 0 amide bonds. The Hall–Kier alpha value is -3.56. The van der Waals surface area contributed by atoms with Gasteiger partial charge in [-0.3, -0.25) is 4.79 Å². The molecule has 0 heterocycles. The molecule has 0 radical (unpaired) electrons. The molecule has 39 heavy (non-hydrogen) atoms. The molecule has 0 bridgehead atoms. The van der Waals surface area contributed by atoms with Crippen molar-refractivity contribution in [3.8, 4) is 0 Å². The fraction of sp³-hybridized carbons (Fsp3) is 0.467. The van der Waals surface area contributed by atoms with Gasteiger partial charge in [0, 0.05) is 19.3 Å². The Morgan fingerprint density at radius 2 is 1.08 bits per heavy atom. The minimum Gasteiger partial charge on any atom is -0.462 e. The highest BCUT2D eigenvalue weighted by Gasteiger charge is 2.22. The smallest absolute Gasteiger partial charge is 0.338 e. The minimum atomic E-state index is -0.582. The van der Waals surface area contributed by atoms with E-state index in [0.29, 0.717) is 29.6 Å². The number of benzene rings is 2. The number of rotatable bonds is 14. The number of carbonyl (C=O) groups is 4. The molecule has 2 aromatic rings. The lowest BCUT2D eigenvalue weighted by molar-refractivity contribution is 0.0151. The average Bonchev–Trinajstić information content (AvgIpc) is 2.96. The Labute approximate surface area is 228 Å². The topological polar surface area (TPSA) is 114 Å². The second-order valence-electron chi connectivity index (χ2n) is 9.54. The maximum atomic E-state index is 12.5. The van der Waals surface area contributed by atoms with Crippen molar-refractivity contribution in [3.63, 3.8) is 0 Å². The monoisotopic (exact) mass is 540 g/mol. The van der Waals surface area contributed by atoms with Crippen molar-refractivity contribution in [1.82, 2.24) is 0 Å². The van der Waals surface area contributed by atoms with Gasteiger partial charge >= 0.3 is 17.9 Å². The summed E-state index contributed by atoms with van der Waals surface area (Å²) in [6.45, 7) is 2.79. The number of ketones is 1. The van der Waals surface area contributed by atoms with Gasteiger partial charge in [-0.2, -0.15) is 0 Å². The molecule has 1 aliphatic carbocycles. The van der Waals surface area contributed by atoms with Crippen LogP contribution in [0.5, 0.6) is 0 Å². The van der Waals surface area contributed by atoms with E-state index in [9.17, 15) is 19.2 Å². The van der Waals surface area contributed by atoms with E-state index in [1.54, 1.807) is 43.5 Å². The second-order valence-corrected chi connectivity index (χ2v) is 9.54. The minimum absolute atomic E-state index is 0.00610. The van der Waals surface area contributed by atoms with Crippen LogP contribution in [0.25, 0.3) is 0 Å². The zero-order chi connectivity index (χ0) is 28.0. The van der Waals surface area contributed by atoms with E-state index >= 15 is 0 Å². The van der Waals surface area contributed by atoms with Crippen molar-refractivity contribution in [1.29, 1.82) is 0 Å². The molecule has 0 N–H and O–H groups in total. The summed E-state index contributed by atoms with van der Waals surface area (Å²) in [6, 6.07) is 12.5. The van der Waals surface area contributed by atoms with Gasteiger partial charge in [-0.25, -0.2) is 14.4 Å². The van der Waals surface area contributed by atoms with Crippen LogP contribution in [0.1, 0.15) is 74.0 Å². The lowest BCUT2D eigenvalue weighted by Crippen LogP contribution is -2.22. The van der Waals surface area contributed by atoms with Gasteiger partial charge in [-0.15, -0.1) is 0 Å². The first kappa shape index (κ1) is 30.0. The summed E-state index contributed by atoms with van der Waals surface area (Å²) < 4.78 is 26.4. The molecule has 2 aromatic carbocycles. The van der Waals surface area contributed by atoms with E-state index in [1.165, 1.54) is 19.1 Å². The summed E-state index contributed by atoms with van der Waals surface area (Å²) >= 11 is 0. The number of esters is 3. The lowest BCUT2D eigenvalue weighted by atomic mass is 9.83. The van der Waals surface area contributed by atoms with E-state index in [-0.39, 0.29) is 43.3 Å². The van der Waals surface area contributed by atoms with Crippen LogP contribution in [0.15, 0.2) is 48.5 Å². The first-order chi connectivity index (χ1) is 18.9. The van der Waals surface area contributed by atoms with Gasteiger partial charge in [0.25, 0.3) is 0 Å². The molecule has 0 saturated heterocycles. The van der Waals surface area contributed by atoms with E-state index in [0.717, 1.165) is 32.3 Å². The van der Waals surface area contributed by atoms with E-state index in [1.807, 2.05) is 0 Å². The first-order valence-electron chi connectivity index (χ1n) is 13.2. The molecule has 0 atom stereocenters. The number of ether oxygens (including phenoxy) is 5. The number of Topliss-reactive ketones (excluding diaryl/α,β-unsaturated/α-hetero) is 1. The van der Waals surface area contributed by atoms with Gasteiger partial charge in [-0.1, -0.05) is 18.2 Å². The van der Waals surface area contributed by atoms with Crippen molar-refractivity contribution in [2.75, 3.05) is 46.8 Å². The molecular weight excluding hydrogens is 504 g/mol. The molecule has 3 rings (SSSR count). The highest BCUT2D eigenvalue weighted by atomic mass is 16.6. The van der Waals surface area contributed by atoms with Gasteiger partial charge < -0.3 is 23.7 Å². The predicted octanol–water partition coefficient (Wildman–Crippen LogP) is 4.53. The fourth-order valence-electron chi connectivity index (χ4n) is 4.37. The standard InChI is InChI=1S/C30H36O9/c1-21(31)24-5-3-6-25(17-24)28(32)37-15-13-36-14-16-38-29(33)26-7-4-8-27(18-26)30(34)39-20-23-11-9-22(10-12-23)19-35-2/h3-8,17-18,22-23H,9-16,19-20H2,1-2H3. The molecule has 0 aliphatic heterocycles. The van der Waals surface area contributed by atoms with Gasteiger partial charge in [0.2, 0.25) is 0 Å². The lowest BCUT2D eigenvalue weighted by Gasteiger charge is -2.27. The molecule has 1 fully saturated rings. The summed E-state index contributed by atoms with van der Waals surface area (Å²) in [5.74, 6) is -0.815. The summed E-state index contributed by atoms with van der Waals surface area (Å²) in [7, 11) is 1.72. The Morgan fingerprint density at radius 1 is 0.641 bits per heavy atom. The maximum Gasteiger partial charge on any atom is 0.338 e. The third-order valence-electron chi connectivity index (χ3n) is 6.58. The summed E-state index contributed by atoms with van der Waals surface area (Å²) in [6.07, 6.45) is 4.16. The molecule has 0 unspecified atom stereocenters. The highest BCUT2D eigenvalue weighted by molar-refractivity contribution is 5.98. The van der Waals surface area contributed by atoms with Crippen LogP contribution >= 0.6 is 0 Å². The zero-order valence-corrected chi connectivity index (χ0v) is 22.5. The number of carbonyl (C=O) groups excluding carboxylic acids is 4. The zero-order valence-electron chi connectivity index (χ0n) is 22.5. The number of methoxy groups -OCH3 is 1. The third-order valence-corrected chi connectivity index (χ3v) is 6.58. The first-order valence-corrected chi connectivity index (χ1v) is 13.2. The van der Waals surface area contributed by atoms with Crippen molar-refractivity contribution in [3.05, 3.63) is 70.8 Å². The van der Waals surface area contributed by atoms with Crippen LogP contribution in [-0.2, 0) is 23.7 Å². The van der Waals surface area contributed by atoms with Gasteiger partial charge in [0.1, 0.15) is 13.2 Å². The van der Waals surface area contributed by atoms with Crippen LogP contribution in [0.3, 0.4) is 0 Å².